The monoisotopic (exact) mass is 317 g/mol. The van der Waals surface area contributed by atoms with Gasteiger partial charge >= 0.3 is 37.9 Å². The molecule has 0 saturated heterocycles. The zero-order valence-corrected chi connectivity index (χ0v) is 13.0. The van der Waals surface area contributed by atoms with Gasteiger partial charge in [-0.25, -0.2) is 0 Å². The Kier molecular flexibility index (Phi) is 5.46. The van der Waals surface area contributed by atoms with Gasteiger partial charge in [-0.3, -0.25) is 0 Å². The third-order valence-corrected chi connectivity index (χ3v) is 2.47. The Labute approximate surface area is 110 Å². The van der Waals surface area contributed by atoms with Crippen LogP contribution in [0.1, 0.15) is 16.7 Å². The van der Waals surface area contributed by atoms with Crippen molar-refractivity contribution in [3.63, 3.8) is 0 Å². The number of benzene rings is 1. The molecule has 0 nitrogen and oxygen atoms in total. The molecule has 0 spiro atoms. The minimum atomic E-state index is -0.826. The predicted molar refractivity (Wildman–Crippen MR) is 65.5 cm³/mol. The Morgan fingerprint density at radius 1 is 1.00 bits per heavy atom. The van der Waals surface area contributed by atoms with Gasteiger partial charge in [-0.2, -0.15) is 6.07 Å². The van der Waals surface area contributed by atoms with E-state index in [1.807, 2.05) is 0 Å². The summed E-state index contributed by atoms with van der Waals surface area (Å²) in [6.07, 6.45) is 0. The first kappa shape index (κ1) is 13.4. The van der Waals surface area contributed by atoms with Gasteiger partial charge in [0.25, 0.3) is 0 Å². The molecule has 80 valence electrons. The van der Waals surface area contributed by atoms with Gasteiger partial charge in [0.15, 0.2) is 0 Å². The Balaban J connectivity index is 0.000000337. The van der Waals surface area contributed by atoms with E-state index >= 15 is 0 Å². The van der Waals surface area contributed by atoms with Crippen LogP contribution < -0.4 is 0 Å². The van der Waals surface area contributed by atoms with Gasteiger partial charge in [-0.05, 0) is 13.8 Å². The van der Waals surface area contributed by atoms with Crippen LogP contribution in [-0.4, -0.2) is 0 Å². The first-order valence-corrected chi connectivity index (χ1v) is 11.0. The summed E-state index contributed by atoms with van der Waals surface area (Å²) in [5.41, 5.74) is 4.12. The zero-order valence-electron chi connectivity index (χ0n) is 9.07. The minimum absolute atomic E-state index is 0.826. The van der Waals surface area contributed by atoms with Gasteiger partial charge in [0.05, 0.1) is 0 Å². The fourth-order valence-electron chi connectivity index (χ4n) is 1.64. The molecular formula is C12H13Cl2Zr-. The molecule has 0 aliphatic heterocycles. The van der Waals surface area contributed by atoms with Crippen LogP contribution in [0.25, 0.3) is 10.8 Å². The van der Waals surface area contributed by atoms with Crippen molar-refractivity contribution in [2.75, 3.05) is 0 Å². The van der Waals surface area contributed by atoms with Crippen LogP contribution in [-0.2, 0) is 20.8 Å². The van der Waals surface area contributed by atoms with E-state index < -0.39 is 20.8 Å². The summed E-state index contributed by atoms with van der Waals surface area (Å²) in [6, 6.07) is 9.00. The second-order valence-corrected chi connectivity index (χ2v) is 7.40. The Morgan fingerprint density at radius 3 is 2.13 bits per heavy atom. The molecule has 2 aromatic carbocycles. The molecule has 0 bridgehead atoms. The van der Waals surface area contributed by atoms with Crippen LogP contribution in [0.4, 0.5) is 0 Å². The molecule has 0 aromatic heterocycles. The maximum absolute atomic E-state index is 4.93. The van der Waals surface area contributed by atoms with Crippen LogP contribution in [0.15, 0.2) is 24.3 Å². The van der Waals surface area contributed by atoms with Crippen molar-refractivity contribution in [2.24, 2.45) is 0 Å². The van der Waals surface area contributed by atoms with Crippen molar-refractivity contribution in [3.05, 3.63) is 41.0 Å². The number of hydrogen-bond donors (Lipinski definition) is 0. The first-order valence-electron chi connectivity index (χ1n) is 4.69. The summed E-state index contributed by atoms with van der Waals surface area (Å²) in [5.74, 6) is 0. The molecule has 3 heteroatoms. The number of aryl methyl sites for hydroxylation is 3. The molecule has 0 heterocycles. The van der Waals surface area contributed by atoms with E-state index in [1.54, 1.807) is 0 Å². The fourth-order valence-corrected chi connectivity index (χ4v) is 1.64. The first-order chi connectivity index (χ1) is 7.08. The number of fused-ring (bicyclic) bond motifs is 1. The Morgan fingerprint density at radius 2 is 1.53 bits per heavy atom. The van der Waals surface area contributed by atoms with E-state index in [1.165, 1.54) is 27.5 Å². The second kappa shape index (κ2) is 6.13. The molecule has 0 radical (unpaired) electrons. The molecule has 0 fully saturated rings. The molecule has 2 aromatic rings. The van der Waals surface area contributed by atoms with E-state index in [9.17, 15) is 0 Å². The zero-order chi connectivity index (χ0) is 11.4. The van der Waals surface area contributed by atoms with Crippen molar-refractivity contribution in [3.8, 4) is 0 Å². The van der Waals surface area contributed by atoms with Gasteiger partial charge in [0, 0.05) is 0 Å². The van der Waals surface area contributed by atoms with Crippen molar-refractivity contribution in [2.45, 2.75) is 20.8 Å². The Bertz CT molecular complexity index is 407. The summed E-state index contributed by atoms with van der Waals surface area (Å²) < 4.78 is 0. The third-order valence-electron chi connectivity index (χ3n) is 2.47. The van der Waals surface area contributed by atoms with Crippen molar-refractivity contribution in [1.82, 2.24) is 0 Å². The molecule has 0 amide bonds. The van der Waals surface area contributed by atoms with E-state index in [0.717, 1.165) is 0 Å². The van der Waals surface area contributed by atoms with E-state index in [2.05, 4.69) is 45.0 Å². The van der Waals surface area contributed by atoms with E-state index in [-0.39, 0.29) is 0 Å². The van der Waals surface area contributed by atoms with Crippen LogP contribution in [0.2, 0.25) is 0 Å². The molecule has 0 unspecified atom stereocenters. The topological polar surface area (TPSA) is 0 Å². The summed E-state index contributed by atoms with van der Waals surface area (Å²) >= 11 is -0.826. The molecule has 0 atom stereocenters. The van der Waals surface area contributed by atoms with Gasteiger partial charge in [-0.1, -0.05) is 18.1 Å². The van der Waals surface area contributed by atoms with Gasteiger partial charge in [0.1, 0.15) is 0 Å². The average Bonchev–Trinajstić information content (AvgIpc) is 2.47. The van der Waals surface area contributed by atoms with Crippen LogP contribution in [0.5, 0.6) is 0 Å². The predicted octanol–water partition coefficient (Wildman–Crippen LogP) is 4.86. The van der Waals surface area contributed by atoms with Crippen LogP contribution >= 0.6 is 17.0 Å². The summed E-state index contributed by atoms with van der Waals surface area (Å²) in [7, 11) is 9.87. The fraction of sp³-hybridized carbons (Fsp3) is 0.250. The summed E-state index contributed by atoms with van der Waals surface area (Å²) in [4.78, 5) is 0. The number of hydrogen-bond acceptors (Lipinski definition) is 0. The second-order valence-electron chi connectivity index (χ2n) is 3.67. The molecule has 2 rings (SSSR count). The van der Waals surface area contributed by atoms with Gasteiger partial charge < -0.3 is 0 Å². The summed E-state index contributed by atoms with van der Waals surface area (Å²) in [5, 5.41) is 2.74. The average molecular weight is 319 g/mol. The normalized spacial score (nSPS) is 9.67. The van der Waals surface area contributed by atoms with Crippen LogP contribution in [0.3, 0.4) is 0 Å². The van der Waals surface area contributed by atoms with Gasteiger partial charge in [-0.15, -0.1) is 34.5 Å². The molecule has 0 N–H and O–H groups in total. The molecule has 0 aliphatic carbocycles. The molecular weight excluding hydrogens is 306 g/mol. The van der Waals surface area contributed by atoms with Crippen molar-refractivity contribution < 1.29 is 20.8 Å². The number of halogens is 2. The molecule has 0 saturated carbocycles. The quantitative estimate of drug-likeness (QED) is 0.608. The van der Waals surface area contributed by atoms with E-state index in [4.69, 9.17) is 17.0 Å². The standard InChI is InChI=1S/C12H13.2ClH.Zr/c1-8-4-11-6-9(2)10(3)7-12(11)5-8;;;/h4-7H,1-3H3;2*1H;/q-1;;;+2/p-2. The SMILES string of the molecule is Cc1cc2cc(C)c(C)cc2[cH-]1.[Cl][Zr][Cl]. The third kappa shape index (κ3) is 3.66. The Hall–Kier alpha value is 0.293. The van der Waals surface area contributed by atoms with Crippen molar-refractivity contribution >= 4 is 27.8 Å². The summed E-state index contributed by atoms with van der Waals surface area (Å²) in [6.45, 7) is 6.47. The maximum atomic E-state index is 4.93. The van der Waals surface area contributed by atoms with E-state index in [0.29, 0.717) is 0 Å². The van der Waals surface area contributed by atoms with Crippen molar-refractivity contribution in [1.29, 1.82) is 0 Å². The molecule has 15 heavy (non-hydrogen) atoms. The number of rotatable bonds is 0. The van der Waals surface area contributed by atoms with Crippen LogP contribution in [0, 0.1) is 20.8 Å². The molecule has 0 aliphatic rings. The van der Waals surface area contributed by atoms with Gasteiger partial charge in [0.2, 0.25) is 0 Å².